The van der Waals surface area contributed by atoms with Crippen molar-refractivity contribution in [2.75, 3.05) is 31.7 Å². The number of carbonyl (C=O) groups excluding carboxylic acids is 2. The molecule has 1 aliphatic rings. The van der Waals surface area contributed by atoms with Crippen LogP contribution in [0.1, 0.15) is 0 Å². The highest BCUT2D eigenvalue weighted by atomic mass is 79.9. The van der Waals surface area contributed by atoms with E-state index < -0.39 is 19.3 Å². The summed E-state index contributed by atoms with van der Waals surface area (Å²) in [5.41, 5.74) is 0. The third-order valence-corrected chi connectivity index (χ3v) is 10.9. The van der Waals surface area contributed by atoms with Gasteiger partial charge in [-0.3, -0.25) is 4.79 Å². The maximum Gasteiger partial charge on any atom is 0.329 e. The molecule has 5 nitrogen and oxygen atoms in total. The largest absolute Gasteiger partial charge is 1.00 e. The normalized spacial score (nSPS) is 15.3. The summed E-state index contributed by atoms with van der Waals surface area (Å²) in [6.07, 6.45) is 0.842. The molecular weight excluding hydrogens is 533 g/mol. The van der Waals surface area contributed by atoms with E-state index in [0.717, 1.165) is 17.9 Å². The third-order valence-electron chi connectivity index (χ3n) is 5.59. The van der Waals surface area contributed by atoms with E-state index in [1.54, 1.807) is 0 Å². The van der Waals surface area contributed by atoms with Crippen molar-refractivity contribution in [3.05, 3.63) is 91.0 Å². The number of hydrogen-bond donors (Lipinski definition) is 1. The Morgan fingerprint density at radius 3 is 1.76 bits per heavy atom. The van der Waals surface area contributed by atoms with Crippen molar-refractivity contribution in [2.45, 2.75) is 6.04 Å². The van der Waals surface area contributed by atoms with Gasteiger partial charge in [-0.1, -0.05) is 66.4 Å². The van der Waals surface area contributed by atoms with Gasteiger partial charge in [0.25, 0.3) is 5.24 Å². The number of thioether (sulfide) groups is 1. The van der Waals surface area contributed by atoms with Crippen molar-refractivity contribution in [2.24, 2.45) is 0 Å². The van der Waals surface area contributed by atoms with Crippen molar-refractivity contribution < 1.29 is 36.0 Å². The lowest BCUT2D eigenvalue weighted by Gasteiger charge is -2.27. The lowest BCUT2D eigenvalue weighted by molar-refractivity contribution is -0.146. The summed E-state index contributed by atoms with van der Waals surface area (Å²) in [5, 5.41) is 6.35. The molecule has 1 heterocycles. The molecule has 1 unspecified atom stereocenters. The van der Waals surface area contributed by atoms with E-state index >= 15 is 0 Å². The molecule has 3 aromatic carbocycles. The van der Waals surface area contributed by atoms with E-state index in [0.29, 0.717) is 19.0 Å². The average molecular weight is 560 g/mol. The van der Waals surface area contributed by atoms with Crippen LogP contribution in [0.15, 0.2) is 91.0 Å². The number of esters is 1. The zero-order chi connectivity index (χ0) is 22.9. The van der Waals surface area contributed by atoms with E-state index in [9.17, 15) is 9.59 Å². The SMILES string of the molecule is O=C1NC(C(=O)OCCOCC[P+](c2ccccc2)(c2ccccc2)c2ccccc2)CS1.[Br-]. The molecule has 1 N–H and O–H groups in total. The van der Waals surface area contributed by atoms with Crippen molar-refractivity contribution in [3.63, 3.8) is 0 Å². The monoisotopic (exact) mass is 559 g/mol. The quantitative estimate of drug-likeness (QED) is 0.221. The molecule has 0 aliphatic carbocycles. The van der Waals surface area contributed by atoms with Crippen LogP contribution in [0, 0.1) is 0 Å². The fraction of sp³-hybridized carbons (Fsp3) is 0.231. The minimum Gasteiger partial charge on any atom is -1.00 e. The molecule has 0 saturated carbocycles. The lowest BCUT2D eigenvalue weighted by atomic mass is 10.3. The first-order valence-electron chi connectivity index (χ1n) is 10.9. The molecule has 178 valence electrons. The van der Waals surface area contributed by atoms with Crippen LogP contribution in [0.2, 0.25) is 0 Å². The van der Waals surface area contributed by atoms with E-state index in [-0.39, 0.29) is 28.8 Å². The summed E-state index contributed by atoms with van der Waals surface area (Å²) in [6, 6.07) is 31.4. The van der Waals surface area contributed by atoms with Crippen LogP contribution in [0.5, 0.6) is 0 Å². The van der Waals surface area contributed by atoms with Crippen LogP contribution in [0.25, 0.3) is 0 Å². The number of halogens is 1. The second-order valence-corrected chi connectivity index (χ2v) is 12.2. The second kappa shape index (κ2) is 13.1. The molecule has 1 atom stereocenters. The van der Waals surface area contributed by atoms with Gasteiger partial charge in [-0.15, -0.1) is 0 Å². The summed E-state index contributed by atoms with van der Waals surface area (Å²) >= 11 is 1.10. The van der Waals surface area contributed by atoms with Crippen LogP contribution in [-0.4, -0.2) is 49.0 Å². The van der Waals surface area contributed by atoms with E-state index in [2.05, 4.69) is 78.1 Å². The number of nitrogens with one attached hydrogen (secondary N) is 1. The van der Waals surface area contributed by atoms with Gasteiger partial charge < -0.3 is 31.8 Å². The highest BCUT2D eigenvalue weighted by Gasteiger charge is 2.44. The van der Waals surface area contributed by atoms with Crippen LogP contribution in [0.3, 0.4) is 0 Å². The standard InChI is InChI=1S/C26H26NO4PS.BrH/c28-25(24-20-33-26(29)27-24)31-17-16-30-18-19-32(21-10-4-1-5-11-21,22-12-6-2-7-13-22)23-14-8-3-9-15-23;/h1-15,24H,16-20H2;1H. The van der Waals surface area contributed by atoms with Gasteiger partial charge >= 0.3 is 5.97 Å². The number of hydrogen-bond acceptors (Lipinski definition) is 5. The van der Waals surface area contributed by atoms with Gasteiger partial charge in [0.1, 0.15) is 35.8 Å². The zero-order valence-electron chi connectivity index (χ0n) is 18.6. The first-order chi connectivity index (χ1) is 16.2. The third kappa shape index (κ3) is 6.28. The van der Waals surface area contributed by atoms with Crippen molar-refractivity contribution in [1.29, 1.82) is 0 Å². The minimum atomic E-state index is -1.93. The summed E-state index contributed by atoms with van der Waals surface area (Å²) in [5.74, 6) is 0.00757. The molecule has 0 bridgehead atoms. The Labute approximate surface area is 215 Å². The van der Waals surface area contributed by atoms with Gasteiger partial charge in [0.05, 0.1) is 19.4 Å². The topological polar surface area (TPSA) is 64.6 Å². The minimum absolute atomic E-state index is 0. The van der Waals surface area contributed by atoms with Gasteiger partial charge in [-0.25, -0.2) is 4.79 Å². The van der Waals surface area contributed by atoms with Crippen molar-refractivity contribution >= 4 is 46.1 Å². The molecule has 4 rings (SSSR count). The molecule has 1 amide bonds. The first-order valence-corrected chi connectivity index (χ1v) is 13.9. The fourth-order valence-electron chi connectivity index (χ4n) is 4.00. The summed E-state index contributed by atoms with van der Waals surface area (Å²) in [4.78, 5) is 23.3. The lowest BCUT2D eigenvalue weighted by Crippen LogP contribution is -3.00. The maximum absolute atomic E-state index is 12.0. The number of benzene rings is 3. The molecule has 1 fully saturated rings. The second-order valence-electron chi connectivity index (χ2n) is 7.62. The van der Waals surface area contributed by atoms with Crippen molar-refractivity contribution in [1.82, 2.24) is 5.32 Å². The summed E-state index contributed by atoms with van der Waals surface area (Å²) in [7, 11) is -1.93. The Balaban J connectivity index is 0.00000324. The molecule has 1 saturated heterocycles. The van der Waals surface area contributed by atoms with Gasteiger partial charge in [0.15, 0.2) is 0 Å². The molecule has 0 radical (unpaired) electrons. The Kier molecular flexibility index (Phi) is 10.1. The highest BCUT2D eigenvalue weighted by Crippen LogP contribution is 2.54. The van der Waals surface area contributed by atoms with E-state index in [4.69, 9.17) is 9.47 Å². The predicted octanol–water partition coefficient (Wildman–Crippen LogP) is 0.369. The number of amides is 1. The Morgan fingerprint density at radius 2 is 1.32 bits per heavy atom. The molecule has 1 aliphatic heterocycles. The highest BCUT2D eigenvalue weighted by molar-refractivity contribution is 8.14. The summed E-state index contributed by atoms with van der Waals surface area (Å²) < 4.78 is 11.2. The van der Waals surface area contributed by atoms with Crippen LogP contribution in [-0.2, 0) is 14.3 Å². The number of carbonyl (C=O) groups is 2. The van der Waals surface area contributed by atoms with Crippen LogP contribution in [0.4, 0.5) is 4.79 Å². The molecule has 3 aromatic rings. The van der Waals surface area contributed by atoms with Gasteiger partial charge in [-0.05, 0) is 36.4 Å². The Hall–Kier alpha value is -2.18. The van der Waals surface area contributed by atoms with Crippen LogP contribution < -0.4 is 38.2 Å². The number of ether oxygens (including phenoxy) is 2. The Morgan fingerprint density at radius 1 is 0.824 bits per heavy atom. The number of rotatable bonds is 10. The summed E-state index contributed by atoms with van der Waals surface area (Å²) in [6.45, 7) is 1.03. The zero-order valence-corrected chi connectivity index (χ0v) is 21.9. The molecule has 0 aromatic heterocycles. The van der Waals surface area contributed by atoms with Gasteiger partial charge in [0, 0.05) is 5.75 Å². The fourth-order valence-corrected chi connectivity index (χ4v) is 8.88. The van der Waals surface area contributed by atoms with E-state index in [1.165, 1.54) is 15.9 Å². The van der Waals surface area contributed by atoms with Gasteiger partial charge in [0.2, 0.25) is 0 Å². The smallest absolute Gasteiger partial charge is 0.329 e. The van der Waals surface area contributed by atoms with E-state index in [1.807, 2.05) is 18.2 Å². The first kappa shape index (κ1) is 26.4. The molecular formula is C26H27BrNO4PS. The average Bonchev–Trinajstić information content (AvgIpc) is 3.32. The molecule has 8 heteroatoms. The molecule has 0 spiro atoms. The maximum atomic E-state index is 12.0. The predicted molar refractivity (Wildman–Crippen MR) is 137 cm³/mol. The Bertz CT molecular complexity index is 960. The molecule has 34 heavy (non-hydrogen) atoms. The van der Waals surface area contributed by atoms with Gasteiger partial charge in [-0.2, -0.15) is 0 Å². The van der Waals surface area contributed by atoms with Crippen molar-refractivity contribution in [3.8, 4) is 0 Å². The van der Waals surface area contributed by atoms with Crippen LogP contribution >= 0.6 is 19.0 Å².